The maximum atomic E-state index is 13.3. The lowest BCUT2D eigenvalue weighted by atomic mass is 10.0. The lowest BCUT2D eigenvalue weighted by Crippen LogP contribution is -2.59. The molecule has 2 rings (SSSR count). The van der Waals surface area contributed by atoms with Crippen LogP contribution in [0.3, 0.4) is 0 Å². The molecule has 1 fully saturated rings. The van der Waals surface area contributed by atoms with Gasteiger partial charge < -0.3 is 47.6 Å². The minimum Gasteiger partial charge on any atom is -0.481 e. The number of carbonyl (C=O) groups is 8. The zero-order valence-electron chi connectivity index (χ0n) is 24.3. The Hall–Kier alpha value is -5.06. The van der Waals surface area contributed by atoms with Gasteiger partial charge in [0.15, 0.2) is 0 Å². The molecule has 5 atom stereocenters. The molecule has 1 heterocycles. The fraction of sp³-hybridized carbons (Fsp3) is 0.500. The monoisotopic (exact) mass is 634 g/mol. The second kappa shape index (κ2) is 17.3. The molecule has 17 heteroatoms. The molecule has 0 saturated carbocycles. The molecule has 0 spiro atoms. The van der Waals surface area contributed by atoms with Gasteiger partial charge in [-0.15, -0.1) is 0 Å². The first-order valence-electron chi connectivity index (χ1n) is 14.1. The van der Waals surface area contributed by atoms with Gasteiger partial charge in [-0.1, -0.05) is 30.3 Å². The zero-order chi connectivity index (χ0) is 33.7. The number of amides is 5. The smallest absolute Gasteiger partial charge is 0.326 e. The highest BCUT2D eigenvalue weighted by atomic mass is 16.4. The topological polar surface area (TPSA) is 289 Å². The second-order valence-corrected chi connectivity index (χ2v) is 10.5. The van der Waals surface area contributed by atoms with Gasteiger partial charge in [0.05, 0.1) is 12.5 Å². The van der Waals surface area contributed by atoms with Crippen LogP contribution in [0.15, 0.2) is 30.3 Å². The van der Waals surface area contributed by atoms with Gasteiger partial charge in [0.1, 0.15) is 24.2 Å². The zero-order valence-corrected chi connectivity index (χ0v) is 24.3. The molecule has 5 amide bonds. The largest absolute Gasteiger partial charge is 0.481 e. The number of aliphatic carboxylic acids is 3. The number of nitrogens with one attached hydrogen (secondary N) is 3. The molecule has 45 heavy (non-hydrogen) atoms. The standard InChI is InChI=1S/C28H38N6O11/c29-16(13-15-5-2-1-3-6-15)24(40)31-17(8-10-22(36)37)25(41)32-18(9-11-23(38)39)26(42)33-19(14-21(30)35)27(43)34-12-4-7-20(34)28(44)45/h1-3,5-6,16-20H,4,7-14,29H2,(H2,30,35)(H,31,40)(H,32,41)(H,33,42)(H,36,37)(H,38,39)(H,44,45)/t16-,17-,18-,19-,20-/m0/s1. The highest BCUT2D eigenvalue weighted by Gasteiger charge is 2.39. The Kier molecular flexibility index (Phi) is 13.9. The molecular weight excluding hydrogens is 596 g/mol. The molecule has 1 aromatic carbocycles. The Balaban J connectivity index is 2.24. The summed E-state index contributed by atoms with van der Waals surface area (Å²) in [6, 6.07) is 1.63. The van der Waals surface area contributed by atoms with Crippen LogP contribution in [-0.2, 0) is 44.8 Å². The van der Waals surface area contributed by atoms with E-state index in [4.69, 9.17) is 16.6 Å². The normalized spacial score (nSPS) is 16.8. The Morgan fingerprint density at radius 2 is 1.31 bits per heavy atom. The summed E-state index contributed by atoms with van der Waals surface area (Å²) in [6.45, 7) is 0.0392. The van der Waals surface area contributed by atoms with E-state index in [1.165, 1.54) is 0 Å². The molecule has 246 valence electrons. The van der Waals surface area contributed by atoms with Crippen LogP contribution < -0.4 is 27.4 Å². The summed E-state index contributed by atoms with van der Waals surface area (Å²) in [6.07, 6.45) is -2.22. The summed E-state index contributed by atoms with van der Waals surface area (Å²) in [5.41, 5.74) is 12.0. The number of benzene rings is 1. The van der Waals surface area contributed by atoms with Crippen molar-refractivity contribution in [3.63, 3.8) is 0 Å². The van der Waals surface area contributed by atoms with Crippen molar-refractivity contribution in [3.8, 4) is 0 Å². The fourth-order valence-corrected chi connectivity index (χ4v) is 4.75. The lowest BCUT2D eigenvalue weighted by Gasteiger charge is -2.28. The highest BCUT2D eigenvalue weighted by Crippen LogP contribution is 2.19. The van der Waals surface area contributed by atoms with E-state index in [1.54, 1.807) is 30.3 Å². The van der Waals surface area contributed by atoms with Crippen molar-refractivity contribution in [2.45, 2.75) is 81.6 Å². The third-order valence-electron chi connectivity index (χ3n) is 7.04. The quantitative estimate of drug-likeness (QED) is 0.0845. The molecule has 1 aliphatic heterocycles. The molecule has 0 aromatic heterocycles. The number of likely N-dealkylation sites (tertiary alicyclic amines) is 1. The molecule has 1 aromatic rings. The summed E-state index contributed by atoms with van der Waals surface area (Å²) in [5.74, 6) is -8.75. The Morgan fingerprint density at radius 1 is 0.800 bits per heavy atom. The van der Waals surface area contributed by atoms with Gasteiger partial charge in [-0.05, 0) is 37.7 Å². The van der Waals surface area contributed by atoms with Crippen molar-refractivity contribution in [3.05, 3.63) is 35.9 Å². The van der Waals surface area contributed by atoms with E-state index in [-0.39, 0.29) is 19.4 Å². The highest BCUT2D eigenvalue weighted by molar-refractivity contribution is 5.97. The maximum absolute atomic E-state index is 13.3. The van der Waals surface area contributed by atoms with Crippen molar-refractivity contribution >= 4 is 47.4 Å². The van der Waals surface area contributed by atoms with E-state index < -0.39 is 110 Å². The summed E-state index contributed by atoms with van der Waals surface area (Å²) in [4.78, 5) is 99.3. The van der Waals surface area contributed by atoms with Crippen molar-refractivity contribution in [1.82, 2.24) is 20.9 Å². The number of primary amides is 1. The minimum absolute atomic E-state index is 0.0392. The summed E-state index contributed by atoms with van der Waals surface area (Å²) >= 11 is 0. The first-order valence-corrected chi connectivity index (χ1v) is 14.1. The average molecular weight is 635 g/mol. The first kappa shape index (κ1) is 36.1. The number of hydrogen-bond donors (Lipinski definition) is 8. The summed E-state index contributed by atoms with van der Waals surface area (Å²) < 4.78 is 0. The van der Waals surface area contributed by atoms with E-state index in [2.05, 4.69) is 16.0 Å². The van der Waals surface area contributed by atoms with Crippen LogP contribution in [-0.4, -0.2) is 104 Å². The van der Waals surface area contributed by atoms with E-state index in [0.29, 0.717) is 6.42 Å². The third-order valence-corrected chi connectivity index (χ3v) is 7.04. The Bertz CT molecular complexity index is 1270. The average Bonchev–Trinajstić information content (AvgIpc) is 3.47. The SMILES string of the molecule is NC(=O)C[C@H](NC(=O)[C@H](CCC(=O)O)NC(=O)[C@H](CCC(=O)O)NC(=O)[C@@H](N)Cc1ccccc1)C(=O)N1CCC[C@H]1C(=O)O. The van der Waals surface area contributed by atoms with Crippen LogP contribution in [0, 0.1) is 0 Å². The van der Waals surface area contributed by atoms with E-state index >= 15 is 0 Å². The van der Waals surface area contributed by atoms with E-state index in [0.717, 1.165) is 10.5 Å². The van der Waals surface area contributed by atoms with Crippen LogP contribution in [0.1, 0.15) is 50.5 Å². The van der Waals surface area contributed by atoms with Crippen LogP contribution in [0.25, 0.3) is 0 Å². The minimum atomic E-state index is -1.63. The van der Waals surface area contributed by atoms with Crippen molar-refractivity contribution in [2.75, 3.05) is 6.54 Å². The van der Waals surface area contributed by atoms with E-state index in [1.807, 2.05) is 0 Å². The number of carboxylic acids is 3. The predicted molar refractivity (Wildman–Crippen MR) is 154 cm³/mol. The lowest BCUT2D eigenvalue weighted by molar-refractivity contribution is -0.149. The van der Waals surface area contributed by atoms with Crippen LogP contribution in [0.4, 0.5) is 0 Å². The number of hydrogen-bond acceptors (Lipinski definition) is 9. The number of carboxylic acid groups (broad SMARTS) is 3. The fourth-order valence-electron chi connectivity index (χ4n) is 4.75. The predicted octanol–water partition coefficient (Wildman–Crippen LogP) is -2.31. The number of nitrogens with zero attached hydrogens (tertiary/aromatic N) is 1. The molecule has 0 radical (unpaired) electrons. The van der Waals surface area contributed by atoms with Gasteiger partial charge in [0.25, 0.3) is 0 Å². The molecule has 0 bridgehead atoms. The van der Waals surface area contributed by atoms with Gasteiger partial charge in [-0.3, -0.25) is 33.6 Å². The summed E-state index contributed by atoms with van der Waals surface area (Å²) in [7, 11) is 0. The van der Waals surface area contributed by atoms with Gasteiger partial charge >= 0.3 is 17.9 Å². The molecule has 17 nitrogen and oxygen atoms in total. The Labute approximate surface area is 257 Å². The van der Waals surface area contributed by atoms with Crippen LogP contribution in [0.2, 0.25) is 0 Å². The number of rotatable bonds is 18. The molecule has 1 aliphatic rings. The number of nitrogens with two attached hydrogens (primary N) is 2. The van der Waals surface area contributed by atoms with Gasteiger partial charge in [-0.2, -0.15) is 0 Å². The van der Waals surface area contributed by atoms with Crippen molar-refractivity contribution < 1.29 is 53.7 Å². The van der Waals surface area contributed by atoms with E-state index in [9.17, 15) is 48.6 Å². The molecule has 1 saturated heterocycles. The van der Waals surface area contributed by atoms with Crippen LogP contribution in [0.5, 0.6) is 0 Å². The number of carbonyl (C=O) groups excluding carboxylic acids is 5. The molecular formula is C28H38N6O11. The van der Waals surface area contributed by atoms with Gasteiger partial charge in [0, 0.05) is 19.4 Å². The maximum Gasteiger partial charge on any atom is 0.326 e. The van der Waals surface area contributed by atoms with Crippen molar-refractivity contribution in [1.29, 1.82) is 0 Å². The first-order chi connectivity index (χ1) is 21.2. The third kappa shape index (κ3) is 11.9. The van der Waals surface area contributed by atoms with Gasteiger partial charge in [-0.25, -0.2) is 4.79 Å². The van der Waals surface area contributed by atoms with Gasteiger partial charge in [0.2, 0.25) is 29.5 Å². The second-order valence-electron chi connectivity index (χ2n) is 10.5. The molecule has 0 aliphatic carbocycles. The molecule has 10 N–H and O–H groups in total. The van der Waals surface area contributed by atoms with Crippen molar-refractivity contribution in [2.24, 2.45) is 11.5 Å². The summed E-state index contributed by atoms with van der Waals surface area (Å²) in [5, 5.41) is 34.7. The molecule has 0 unspecified atom stereocenters. The Morgan fingerprint density at radius 3 is 1.80 bits per heavy atom. The van der Waals surface area contributed by atoms with Crippen LogP contribution >= 0.6 is 0 Å².